The molecule has 0 aliphatic carbocycles. The lowest BCUT2D eigenvalue weighted by atomic mass is 10.0. The third-order valence-electron chi connectivity index (χ3n) is 7.17. The number of rotatable bonds is 22. The maximum absolute atomic E-state index is 12.5. The average molecular weight is 601 g/mol. The molecule has 1 unspecified atom stereocenters. The Kier molecular flexibility index (Phi) is 22.5. The van der Waals surface area contributed by atoms with Crippen LogP contribution < -0.4 is 0 Å². The van der Waals surface area contributed by atoms with Crippen molar-refractivity contribution >= 4 is 10.1 Å². The van der Waals surface area contributed by atoms with E-state index in [1.807, 2.05) is 13.0 Å². The Hall–Kier alpha value is -1.91. The minimum Gasteiger partial charge on any atom is -0.262 e. The van der Waals surface area contributed by atoms with Gasteiger partial charge in [0.25, 0.3) is 10.1 Å². The van der Waals surface area contributed by atoms with Crippen LogP contribution in [0.4, 0.5) is 0 Å². The van der Waals surface area contributed by atoms with Crippen molar-refractivity contribution < 1.29 is 12.6 Å². The molecule has 4 heteroatoms. The van der Waals surface area contributed by atoms with E-state index in [2.05, 4.69) is 98.8 Å². The summed E-state index contributed by atoms with van der Waals surface area (Å²) in [5.41, 5.74) is 9.51. The van der Waals surface area contributed by atoms with Crippen LogP contribution in [-0.2, 0) is 14.3 Å². The summed E-state index contributed by atoms with van der Waals surface area (Å²) in [6, 6.07) is 0. The summed E-state index contributed by atoms with van der Waals surface area (Å²) < 4.78 is 30.6. The Morgan fingerprint density at radius 1 is 0.548 bits per heavy atom. The molecule has 0 fully saturated rings. The molecule has 0 amide bonds. The first-order valence-corrected chi connectivity index (χ1v) is 17.8. The van der Waals surface area contributed by atoms with E-state index in [-0.39, 0.29) is 5.75 Å². The van der Waals surface area contributed by atoms with Crippen LogP contribution in [0.25, 0.3) is 0 Å². The van der Waals surface area contributed by atoms with Gasteiger partial charge in [-0.2, -0.15) is 8.42 Å². The third kappa shape index (κ3) is 24.7. The molecule has 0 rings (SSSR count). The lowest BCUT2D eigenvalue weighted by Gasteiger charge is -2.14. The summed E-state index contributed by atoms with van der Waals surface area (Å²) in [6.45, 7) is 21.3. The van der Waals surface area contributed by atoms with Crippen LogP contribution in [0.3, 0.4) is 0 Å². The number of allylic oxidation sites excluding steroid dienone is 12. The van der Waals surface area contributed by atoms with E-state index >= 15 is 0 Å². The van der Waals surface area contributed by atoms with Crippen LogP contribution in [0.1, 0.15) is 146 Å². The fraction of sp³-hybridized carbons (Fsp3) is 0.632. The monoisotopic (exact) mass is 600 g/mol. The van der Waals surface area contributed by atoms with Gasteiger partial charge in [-0.05, 0) is 139 Å². The molecular formula is C38H64O3S. The van der Waals surface area contributed by atoms with Crippen molar-refractivity contribution in [2.75, 3.05) is 5.75 Å². The van der Waals surface area contributed by atoms with Gasteiger partial charge in [0.05, 0.1) is 11.9 Å². The van der Waals surface area contributed by atoms with Gasteiger partial charge in [-0.15, -0.1) is 0 Å². The Morgan fingerprint density at radius 3 is 1.29 bits per heavy atom. The predicted molar refractivity (Wildman–Crippen MR) is 187 cm³/mol. The summed E-state index contributed by atoms with van der Waals surface area (Å²) >= 11 is 0. The minimum atomic E-state index is -3.54. The maximum Gasteiger partial charge on any atom is 0.267 e. The van der Waals surface area contributed by atoms with Gasteiger partial charge >= 0.3 is 0 Å². The first-order valence-electron chi connectivity index (χ1n) is 16.2. The zero-order valence-electron chi connectivity index (χ0n) is 28.9. The first-order chi connectivity index (χ1) is 19.7. The number of hydrogen-bond donors (Lipinski definition) is 0. The first kappa shape index (κ1) is 40.1. The van der Waals surface area contributed by atoms with Gasteiger partial charge in [-0.3, -0.25) is 4.18 Å². The van der Waals surface area contributed by atoms with Crippen LogP contribution in [-0.4, -0.2) is 20.3 Å². The summed E-state index contributed by atoms with van der Waals surface area (Å²) in [4.78, 5) is 0. The van der Waals surface area contributed by atoms with E-state index in [9.17, 15) is 8.42 Å². The zero-order chi connectivity index (χ0) is 32.0. The van der Waals surface area contributed by atoms with Crippen molar-refractivity contribution in [3.63, 3.8) is 0 Å². The molecule has 0 radical (unpaired) electrons. The van der Waals surface area contributed by atoms with Crippen molar-refractivity contribution in [3.05, 3.63) is 81.5 Å². The molecule has 1 atom stereocenters. The van der Waals surface area contributed by atoms with Crippen LogP contribution in [0, 0.1) is 0 Å². The molecule has 0 aliphatic rings. The van der Waals surface area contributed by atoms with Crippen molar-refractivity contribution in [2.45, 2.75) is 152 Å². The molecule has 3 nitrogen and oxygen atoms in total. The Balaban J connectivity index is 5.04. The molecule has 0 N–H and O–H groups in total. The van der Waals surface area contributed by atoms with Crippen molar-refractivity contribution in [3.8, 4) is 0 Å². The minimum absolute atomic E-state index is 0.0562. The lowest BCUT2D eigenvalue weighted by molar-refractivity contribution is 0.257. The molecule has 42 heavy (non-hydrogen) atoms. The van der Waals surface area contributed by atoms with Crippen LogP contribution in [0.15, 0.2) is 81.5 Å². The molecule has 240 valence electrons. The maximum atomic E-state index is 12.5. The van der Waals surface area contributed by atoms with Gasteiger partial charge in [0.2, 0.25) is 0 Å². The smallest absolute Gasteiger partial charge is 0.262 e. The summed E-state index contributed by atoms with van der Waals surface area (Å²) in [7, 11) is -3.54. The molecule has 0 aromatic carbocycles. The van der Waals surface area contributed by atoms with E-state index in [4.69, 9.17) is 4.18 Å². The van der Waals surface area contributed by atoms with Crippen LogP contribution in [0.2, 0.25) is 0 Å². The second-order valence-corrected chi connectivity index (χ2v) is 14.3. The van der Waals surface area contributed by atoms with Gasteiger partial charge in [-0.1, -0.05) is 88.5 Å². The second-order valence-electron chi connectivity index (χ2n) is 12.6. The highest BCUT2D eigenvalue weighted by molar-refractivity contribution is 7.86. The Morgan fingerprint density at radius 2 is 0.905 bits per heavy atom. The molecule has 0 spiro atoms. The quantitative estimate of drug-likeness (QED) is 0.0917. The van der Waals surface area contributed by atoms with Crippen molar-refractivity contribution in [1.82, 2.24) is 0 Å². The normalized spacial score (nSPS) is 14.7. The zero-order valence-corrected chi connectivity index (χ0v) is 29.8. The predicted octanol–water partition coefficient (Wildman–Crippen LogP) is 12.1. The van der Waals surface area contributed by atoms with Gasteiger partial charge in [0, 0.05) is 0 Å². The molecule has 0 aliphatic heterocycles. The highest BCUT2D eigenvalue weighted by Gasteiger charge is 2.16. The largest absolute Gasteiger partial charge is 0.267 e. The summed E-state index contributed by atoms with van der Waals surface area (Å²) in [5.74, 6) is 0.0562. The average Bonchev–Trinajstić information content (AvgIpc) is 2.86. The van der Waals surface area contributed by atoms with Crippen molar-refractivity contribution in [1.29, 1.82) is 0 Å². The van der Waals surface area contributed by atoms with Gasteiger partial charge in [0.1, 0.15) is 0 Å². The molecule has 0 aromatic rings. The molecule has 0 saturated carbocycles. The molecule has 0 heterocycles. The molecule has 0 bridgehead atoms. The fourth-order valence-electron chi connectivity index (χ4n) is 4.56. The van der Waals surface area contributed by atoms with E-state index in [1.165, 1.54) is 39.0 Å². The van der Waals surface area contributed by atoms with Crippen LogP contribution >= 0.6 is 0 Å². The molecule has 0 saturated heterocycles. The van der Waals surface area contributed by atoms with E-state index in [1.54, 1.807) is 0 Å². The lowest BCUT2D eigenvalue weighted by Crippen LogP contribution is -2.19. The standard InChI is InChI=1S/C38H64O3S/c1-11-29-42(39,40)41-38(28-27-36(9)25-15-23-34(7)20-13-18-32(4)5)30-37(10)26-16-24-35(8)22-14-21-33(6)19-12-17-31(2)3/h17-18,21,23-24,27,30,38H,11-16,19-20,22,25-26,28-29H2,1-10H3/b33-21+,34-23?,35-24+,36-27?,37-30+. The SMILES string of the molecule is CCCS(=O)(=O)OC(/C=C(\C)CC/C=C(\C)CC/C=C(\C)CCC=C(C)C)CC=C(C)CCC=C(C)CCC=C(C)C. The highest BCUT2D eigenvalue weighted by atomic mass is 32.2. The second kappa shape index (κ2) is 23.5. The molecule has 0 aromatic heterocycles. The van der Waals surface area contributed by atoms with Crippen LogP contribution in [0.5, 0.6) is 0 Å². The number of hydrogen-bond acceptors (Lipinski definition) is 3. The Bertz CT molecular complexity index is 1080. The van der Waals surface area contributed by atoms with E-state index < -0.39 is 16.2 Å². The highest BCUT2D eigenvalue weighted by Crippen LogP contribution is 2.18. The van der Waals surface area contributed by atoms with Gasteiger partial charge < -0.3 is 0 Å². The Labute approximate surface area is 261 Å². The van der Waals surface area contributed by atoms with Gasteiger partial charge in [-0.25, -0.2) is 0 Å². The van der Waals surface area contributed by atoms with E-state index in [0.717, 1.165) is 64.2 Å². The summed E-state index contributed by atoms with van der Waals surface area (Å²) in [6.07, 6.45) is 26.9. The van der Waals surface area contributed by atoms with E-state index in [0.29, 0.717) is 12.8 Å². The topological polar surface area (TPSA) is 43.4 Å². The molecular weight excluding hydrogens is 536 g/mol. The van der Waals surface area contributed by atoms with Gasteiger partial charge in [0.15, 0.2) is 0 Å². The summed E-state index contributed by atoms with van der Waals surface area (Å²) in [5, 5.41) is 0. The third-order valence-corrected chi connectivity index (χ3v) is 8.62. The fourth-order valence-corrected chi connectivity index (χ4v) is 5.67. The van der Waals surface area contributed by atoms with Crippen molar-refractivity contribution in [2.24, 2.45) is 0 Å².